The highest BCUT2D eigenvalue weighted by Crippen LogP contribution is 2.42. The zero-order valence-corrected chi connectivity index (χ0v) is 20.1. The summed E-state index contributed by atoms with van der Waals surface area (Å²) < 4.78 is 27.8. The number of hydrogen-bond donors (Lipinski definition) is 2. The third kappa shape index (κ3) is 4.63. The molecule has 1 aliphatic heterocycles. The maximum absolute atomic E-state index is 11.6. The quantitative estimate of drug-likeness (QED) is 0.546. The molecule has 1 fully saturated rings. The van der Waals surface area contributed by atoms with Crippen LogP contribution in [-0.4, -0.2) is 29.3 Å². The molecule has 0 bridgehead atoms. The predicted octanol–water partition coefficient (Wildman–Crippen LogP) is 4.19. The van der Waals surface area contributed by atoms with Crippen LogP contribution in [0.1, 0.15) is 44.1 Å². The Morgan fingerprint density at radius 2 is 1.81 bits per heavy atom. The topological polar surface area (TPSA) is 79.3 Å². The van der Waals surface area contributed by atoms with E-state index in [9.17, 15) is 8.42 Å². The standard InChI is InChI=1S/C23H27N5O2S2/c1-23(2,3)27-14-12-16(15-27)21-20(19-7-5-6-13-24-19)25-22(31)28(21)18-10-8-17(9-11-18)26-32(4,29)30/h5-15,20-21,26H,1-4H3,(H,25,31)/t20-,21-/m1/s1. The van der Waals surface area contributed by atoms with Crippen LogP contribution >= 0.6 is 12.2 Å². The van der Waals surface area contributed by atoms with Crippen molar-refractivity contribution in [2.45, 2.75) is 38.4 Å². The van der Waals surface area contributed by atoms with Gasteiger partial charge in [-0.05, 0) is 81.0 Å². The normalized spacial score (nSPS) is 19.1. The molecule has 1 aromatic carbocycles. The molecule has 7 nitrogen and oxygen atoms in total. The average molecular weight is 470 g/mol. The fourth-order valence-electron chi connectivity index (χ4n) is 3.88. The minimum atomic E-state index is -3.34. The van der Waals surface area contributed by atoms with Gasteiger partial charge in [0.2, 0.25) is 10.0 Å². The molecule has 1 aliphatic rings. The van der Waals surface area contributed by atoms with Crippen LogP contribution in [0.2, 0.25) is 0 Å². The molecule has 0 aliphatic carbocycles. The first-order valence-corrected chi connectivity index (χ1v) is 12.6. The molecule has 3 aromatic rings. The molecule has 3 heterocycles. The van der Waals surface area contributed by atoms with Gasteiger partial charge < -0.3 is 14.8 Å². The lowest BCUT2D eigenvalue weighted by Gasteiger charge is -2.28. The first kappa shape index (κ1) is 22.3. The lowest BCUT2D eigenvalue weighted by Crippen LogP contribution is -2.29. The lowest BCUT2D eigenvalue weighted by molar-refractivity contribution is 0.397. The molecule has 0 spiro atoms. The van der Waals surface area contributed by atoms with Crippen molar-refractivity contribution >= 4 is 38.7 Å². The Labute approximate surface area is 194 Å². The summed E-state index contributed by atoms with van der Waals surface area (Å²) in [5.74, 6) is 0. The summed E-state index contributed by atoms with van der Waals surface area (Å²) in [6.07, 6.45) is 7.16. The monoisotopic (exact) mass is 469 g/mol. The van der Waals surface area contributed by atoms with Gasteiger partial charge in [0.1, 0.15) is 0 Å². The maximum Gasteiger partial charge on any atom is 0.229 e. The second-order valence-electron chi connectivity index (χ2n) is 8.94. The van der Waals surface area contributed by atoms with Gasteiger partial charge in [0.05, 0.1) is 24.0 Å². The number of anilines is 2. The number of benzene rings is 1. The Bertz CT molecular complexity index is 1220. The zero-order chi connectivity index (χ0) is 23.1. The van der Waals surface area contributed by atoms with Crippen molar-refractivity contribution in [2.24, 2.45) is 0 Å². The molecule has 4 rings (SSSR count). The summed E-state index contributed by atoms with van der Waals surface area (Å²) in [7, 11) is -3.34. The molecular formula is C23H27N5O2S2. The van der Waals surface area contributed by atoms with Crippen molar-refractivity contribution in [1.82, 2.24) is 14.9 Å². The van der Waals surface area contributed by atoms with E-state index in [0.29, 0.717) is 10.8 Å². The van der Waals surface area contributed by atoms with Crippen LogP contribution in [0.4, 0.5) is 11.4 Å². The van der Waals surface area contributed by atoms with Crippen LogP contribution in [0.5, 0.6) is 0 Å². The second-order valence-corrected chi connectivity index (χ2v) is 11.1. The number of pyridine rings is 1. The van der Waals surface area contributed by atoms with Crippen molar-refractivity contribution < 1.29 is 8.42 Å². The Kier molecular flexibility index (Phi) is 5.72. The van der Waals surface area contributed by atoms with Gasteiger partial charge in [0, 0.05) is 35.5 Å². The van der Waals surface area contributed by atoms with Crippen molar-refractivity contribution in [2.75, 3.05) is 15.9 Å². The molecule has 32 heavy (non-hydrogen) atoms. The van der Waals surface area contributed by atoms with Crippen molar-refractivity contribution in [3.05, 3.63) is 78.4 Å². The third-order valence-corrected chi connectivity index (χ3v) is 6.30. The van der Waals surface area contributed by atoms with E-state index in [1.54, 1.807) is 18.3 Å². The molecule has 2 atom stereocenters. The van der Waals surface area contributed by atoms with E-state index in [-0.39, 0.29) is 17.6 Å². The molecule has 168 valence electrons. The molecule has 2 N–H and O–H groups in total. The molecule has 1 saturated heterocycles. The van der Waals surface area contributed by atoms with E-state index >= 15 is 0 Å². The van der Waals surface area contributed by atoms with Gasteiger partial charge in [-0.3, -0.25) is 9.71 Å². The van der Waals surface area contributed by atoms with E-state index in [2.05, 4.69) is 63.7 Å². The Morgan fingerprint density at radius 1 is 1.09 bits per heavy atom. The summed E-state index contributed by atoms with van der Waals surface area (Å²) in [5, 5.41) is 4.04. The number of hydrogen-bond acceptors (Lipinski definition) is 4. The Balaban J connectivity index is 1.76. The largest absolute Gasteiger partial charge is 0.351 e. The maximum atomic E-state index is 11.6. The fourth-order valence-corrected chi connectivity index (χ4v) is 4.79. The molecular weight excluding hydrogens is 442 g/mol. The van der Waals surface area contributed by atoms with Crippen LogP contribution in [-0.2, 0) is 15.6 Å². The van der Waals surface area contributed by atoms with Crippen molar-refractivity contribution in [3.63, 3.8) is 0 Å². The van der Waals surface area contributed by atoms with E-state index in [0.717, 1.165) is 23.2 Å². The van der Waals surface area contributed by atoms with Crippen LogP contribution in [0, 0.1) is 0 Å². The summed E-state index contributed by atoms with van der Waals surface area (Å²) in [4.78, 5) is 6.65. The highest BCUT2D eigenvalue weighted by molar-refractivity contribution is 7.92. The number of thiocarbonyl (C=S) groups is 1. The van der Waals surface area contributed by atoms with Gasteiger partial charge in [0.25, 0.3) is 0 Å². The first-order chi connectivity index (χ1) is 15.0. The number of rotatable bonds is 5. The smallest absolute Gasteiger partial charge is 0.229 e. The Hall–Kier alpha value is -2.91. The van der Waals surface area contributed by atoms with Gasteiger partial charge in [0.15, 0.2) is 5.11 Å². The molecule has 0 amide bonds. The van der Waals surface area contributed by atoms with E-state index in [4.69, 9.17) is 12.2 Å². The van der Waals surface area contributed by atoms with Gasteiger partial charge in [-0.1, -0.05) is 6.07 Å². The van der Waals surface area contributed by atoms with E-state index < -0.39 is 10.0 Å². The molecule has 2 aromatic heterocycles. The minimum Gasteiger partial charge on any atom is -0.351 e. The van der Waals surface area contributed by atoms with Crippen LogP contribution in [0.25, 0.3) is 0 Å². The number of sulfonamides is 1. The number of nitrogens with one attached hydrogen (secondary N) is 2. The highest BCUT2D eigenvalue weighted by atomic mass is 32.2. The SMILES string of the molecule is CC(C)(C)n1ccc([C@@H]2[C@@H](c3ccccn3)NC(=S)N2c2ccc(NS(C)(=O)=O)cc2)c1. The van der Waals surface area contributed by atoms with Crippen molar-refractivity contribution in [1.29, 1.82) is 0 Å². The van der Waals surface area contributed by atoms with Crippen LogP contribution < -0.4 is 14.9 Å². The second kappa shape index (κ2) is 8.22. The predicted molar refractivity (Wildman–Crippen MR) is 132 cm³/mol. The summed E-state index contributed by atoms with van der Waals surface area (Å²) in [5.41, 5.74) is 3.34. The summed E-state index contributed by atoms with van der Waals surface area (Å²) in [6, 6.07) is 15.0. The molecule has 0 radical (unpaired) electrons. The minimum absolute atomic E-state index is 0.0466. The highest BCUT2D eigenvalue weighted by Gasteiger charge is 2.41. The summed E-state index contributed by atoms with van der Waals surface area (Å²) in [6.45, 7) is 6.49. The van der Waals surface area contributed by atoms with Gasteiger partial charge in [-0.15, -0.1) is 0 Å². The molecule has 0 saturated carbocycles. The van der Waals surface area contributed by atoms with Gasteiger partial charge in [-0.2, -0.15) is 0 Å². The average Bonchev–Trinajstić information content (AvgIpc) is 3.33. The number of aromatic nitrogens is 2. The third-order valence-electron chi connectivity index (χ3n) is 5.38. The summed E-state index contributed by atoms with van der Waals surface area (Å²) >= 11 is 5.75. The van der Waals surface area contributed by atoms with E-state index in [1.807, 2.05) is 30.3 Å². The molecule has 9 heteroatoms. The zero-order valence-electron chi connectivity index (χ0n) is 18.5. The van der Waals surface area contributed by atoms with Crippen molar-refractivity contribution in [3.8, 4) is 0 Å². The lowest BCUT2D eigenvalue weighted by atomic mass is 9.98. The van der Waals surface area contributed by atoms with Crippen LogP contribution in [0.3, 0.4) is 0 Å². The first-order valence-electron chi connectivity index (χ1n) is 10.3. The van der Waals surface area contributed by atoms with Gasteiger partial charge >= 0.3 is 0 Å². The van der Waals surface area contributed by atoms with E-state index in [1.165, 1.54) is 0 Å². The Morgan fingerprint density at radius 3 is 2.38 bits per heavy atom. The van der Waals surface area contributed by atoms with Gasteiger partial charge in [-0.25, -0.2) is 8.42 Å². The number of nitrogens with zero attached hydrogens (tertiary/aromatic N) is 3. The van der Waals surface area contributed by atoms with Crippen LogP contribution in [0.15, 0.2) is 67.1 Å². The fraction of sp³-hybridized carbons (Fsp3) is 0.304. The molecule has 0 unspecified atom stereocenters.